The second kappa shape index (κ2) is 8.10. The Bertz CT molecular complexity index is 771. The van der Waals surface area contributed by atoms with E-state index in [4.69, 9.17) is 9.47 Å². The first-order chi connectivity index (χ1) is 13.2. The molecule has 1 saturated heterocycles. The van der Waals surface area contributed by atoms with E-state index in [1.54, 1.807) is 41.5 Å². The molecule has 1 aromatic rings. The van der Waals surface area contributed by atoms with Crippen molar-refractivity contribution in [2.75, 3.05) is 15.5 Å². The second-order valence-corrected chi connectivity index (χ2v) is 8.65. The topological polar surface area (TPSA) is 114 Å². The molecule has 0 aromatic heterocycles. The van der Waals surface area contributed by atoms with E-state index >= 15 is 0 Å². The first kappa shape index (κ1) is 22.2. The van der Waals surface area contributed by atoms with E-state index in [0.717, 1.165) is 4.90 Å². The fraction of sp³-hybridized carbons (Fsp3) is 0.500. The largest absolute Gasteiger partial charge is 0.444 e. The highest BCUT2D eigenvalue weighted by Gasteiger charge is 2.31. The van der Waals surface area contributed by atoms with Gasteiger partial charge in [-0.1, -0.05) is 0 Å². The lowest BCUT2D eigenvalue weighted by Crippen LogP contribution is -2.30. The van der Waals surface area contributed by atoms with Crippen molar-refractivity contribution in [1.29, 1.82) is 0 Å². The van der Waals surface area contributed by atoms with Crippen LogP contribution in [0.2, 0.25) is 0 Å². The number of benzene rings is 1. The van der Waals surface area contributed by atoms with E-state index in [-0.39, 0.29) is 41.7 Å². The van der Waals surface area contributed by atoms with Gasteiger partial charge in [0.05, 0.1) is 5.69 Å². The van der Waals surface area contributed by atoms with Crippen molar-refractivity contribution in [2.24, 2.45) is 0 Å². The monoisotopic (exact) mass is 405 g/mol. The van der Waals surface area contributed by atoms with Gasteiger partial charge in [0.15, 0.2) is 0 Å². The lowest BCUT2D eigenvalue weighted by atomic mass is 10.2. The standard InChI is InChI=1S/C20H27N3O6/c1-19(2,3)28-17(26)21-12-9-13(22-18(27)29-20(4,5)6)11-14(10-12)23-15(24)7-8-16(23)25/h9-11H,7-8H2,1-6H3,(H,21,26)(H,22,27). The summed E-state index contributed by atoms with van der Waals surface area (Å²) in [5, 5.41) is 5.10. The highest BCUT2D eigenvalue weighted by molar-refractivity contribution is 6.20. The van der Waals surface area contributed by atoms with Gasteiger partial charge in [-0.05, 0) is 59.7 Å². The van der Waals surface area contributed by atoms with E-state index in [2.05, 4.69) is 10.6 Å². The second-order valence-electron chi connectivity index (χ2n) is 8.65. The van der Waals surface area contributed by atoms with Crippen LogP contribution in [0.1, 0.15) is 54.4 Å². The van der Waals surface area contributed by atoms with Crippen LogP contribution in [0, 0.1) is 0 Å². The van der Waals surface area contributed by atoms with Crippen LogP contribution in [0.15, 0.2) is 18.2 Å². The number of carbonyl (C=O) groups excluding carboxylic acids is 4. The summed E-state index contributed by atoms with van der Waals surface area (Å²) >= 11 is 0. The molecule has 0 radical (unpaired) electrons. The molecule has 0 aliphatic carbocycles. The first-order valence-electron chi connectivity index (χ1n) is 9.24. The molecule has 0 atom stereocenters. The average Bonchev–Trinajstić information content (AvgIpc) is 2.81. The number of amides is 4. The van der Waals surface area contributed by atoms with Crippen LogP contribution in [-0.2, 0) is 19.1 Å². The molecule has 0 saturated carbocycles. The van der Waals surface area contributed by atoms with Gasteiger partial charge >= 0.3 is 12.2 Å². The van der Waals surface area contributed by atoms with Gasteiger partial charge in [-0.15, -0.1) is 0 Å². The lowest BCUT2D eigenvalue weighted by molar-refractivity contribution is -0.121. The number of anilines is 3. The lowest BCUT2D eigenvalue weighted by Gasteiger charge is -2.22. The van der Waals surface area contributed by atoms with Crippen LogP contribution in [0.25, 0.3) is 0 Å². The molecule has 1 aliphatic heterocycles. The number of nitrogens with zero attached hydrogens (tertiary/aromatic N) is 1. The fourth-order valence-corrected chi connectivity index (χ4v) is 2.59. The van der Waals surface area contributed by atoms with Crippen molar-refractivity contribution in [3.8, 4) is 0 Å². The Balaban J connectivity index is 2.33. The molecular weight excluding hydrogens is 378 g/mol. The average molecular weight is 405 g/mol. The van der Waals surface area contributed by atoms with Gasteiger partial charge in [0.25, 0.3) is 0 Å². The summed E-state index contributed by atoms with van der Waals surface area (Å²) in [7, 11) is 0. The van der Waals surface area contributed by atoms with Gasteiger partial charge in [-0.2, -0.15) is 0 Å². The van der Waals surface area contributed by atoms with Crippen molar-refractivity contribution in [3.63, 3.8) is 0 Å². The van der Waals surface area contributed by atoms with Crippen molar-refractivity contribution in [2.45, 2.75) is 65.6 Å². The zero-order valence-electron chi connectivity index (χ0n) is 17.5. The summed E-state index contributed by atoms with van der Waals surface area (Å²) in [5.74, 6) is -0.708. The summed E-state index contributed by atoms with van der Waals surface area (Å²) in [4.78, 5) is 49.5. The molecule has 2 rings (SSSR count). The van der Waals surface area contributed by atoms with Crippen molar-refractivity contribution < 1.29 is 28.7 Å². The Labute approximate surface area is 169 Å². The van der Waals surface area contributed by atoms with Crippen LogP contribution in [0.3, 0.4) is 0 Å². The van der Waals surface area contributed by atoms with Crippen LogP contribution in [-0.4, -0.2) is 35.2 Å². The van der Waals surface area contributed by atoms with Crippen molar-refractivity contribution in [1.82, 2.24) is 0 Å². The highest BCUT2D eigenvalue weighted by Crippen LogP contribution is 2.30. The van der Waals surface area contributed by atoms with Crippen LogP contribution < -0.4 is 15.5 Å². The zero-order chi connectivity index (χ0) is 22.0. The van der Waals surface area contributed by atoms with E-state index in [9.17, 15) is 19.2 Å². The summed E-state index contributed by atoms with van der Waals surface area (Å²) in [6.45, 7) is 10.3. The third-order valence-corrected chi connectivity index (χ3v) is 3.52. The van der Waals surface area contributed by atoms with Gasteiger partial charge in [0.2, 0.25) is 11.8 Å². The molecule has 9 heteroatoms. The zero-order valence-corrected chi connectivity index (χ0v) is 17.5. The van der Waals surface area contributed by atoms with Gasteiger partial charge in [-0.3, -0.25) is 25.1 Å². The molecule has 1 heterocycles. The number of hydrogen-bond acceptors (Lipinski definition) is 6. The predicted molar refractivity (Wildman–Crippen MR) is 108 cm³/mol. The molecule has 4 amide bonds. The Kier molecular flexibility index (Phi) is 6.20. The maximum Gasteiger partial charge on any atom is 0.412 e. The molecule has 9 nitrogen and oxygen atoms in total. The number of imide groups is 1. The SMILES string of the molecule is CC(C)(C)OC(=O)Nc1cc(NC(=O)OC(C)(C)C)cc(N2C(=O)CCC2=O)c1. The Hall–Kier alpha value is -3.10. The number of nitrogens with one attached hydrogen (secondary N) is 2. The molecule has 1 aliphatic rings. The summed E-state index contributed by atoms with van der Waals surface area (Å²) < 4.78 is 10.5. The Morgan fingerprint density at radius 3 is 1.52 bits per heavy atom. The van der Waals surface area contributed by atoms with Gasteiger partial charge < -0.3 is 9.47 Å². The molecule has 1 fully saturated rings. The van der Waals surface area contributed by atoms with Crippen LogP contribution in [0.4, 0.5) is 26.7 Å². The summed E-state index contributed by atoms with van der Waals surface area (Å²) in [6, 6.07) is 4.40. The number of carbonyl (C=O) groups is 4. The maximum absolute atomic E-state index is 12.1. The quantitative estimate of drug-likeness (QED) is 0.734. The van der Waals surface area contributed by atoms with E-state index in [1.165, 1.54) is 18.2 Å². The number of rotatable bonds is 3. The van der Waals surface area contributed by atoms with Crippen LogP contribution >= 0.6 is 0 Å². The van der Waals surface area contributed by atoms with Gasteiger partial charge in [0.1, 0.15) is 11.2 Å². The third-order valence-electron chi connectivity index (χ3n) is 3.52. The maximum atomic E-state index is 12.1. The molecule has 2 N–H and O–H groups in total. The molecule has 29 heavy (non-hydrogen) atoms. The summed E-state index contributed by atoms with van der Waals surface area (Å²) in [6.07, 6.45) is -1.21. The Morgan fingerprint density at radius 1 is 0.793 bits per heavy atom. The Morgan fingerprint density at radius 2 is 1.17 bits per heavy atom. The molecular formula is C20H27N3O6. The highest BCUT2D eigenvalue weighted by atomic mass is 16.6. The number of ether oxygens (including phenoxy) is 2. The molecule has 0 unspecified atom stereocenters. The van der Waals surface area contributed by atoms with E-state index in [0.29, 0.717) is 0 Å². The normalized spacial score (nSPS) is 14.6. The number of hydrogen-bond donors (Lipinski definition) is 2. The van der Waals surface area contributed by atoms with E-state index < -0.39 is 23.4 Å². The summed E-state index contributed by atoms with van der Waals surface area (Å²) in [5.41, 5.74) is -0.692. The van der Waals surface area contributed by atoms with Crippen LogP contribution in [0.5, 0.6) is 0 Å². The molecule has 0 bridgehead atoms. The van der Waals surface area contributed by atoms with Gasteiger partial charge in [0, 0.05) is 24.2 Å². The predicted octanol–water partition coefficient (Wildman–Crippen LogP) is 4.03. The minimum absolute atomic E-state index is 0.109. The minimum Gasteiger partial charge on any atom is -0.444 e. The fourth-order valence-electron chi connectivity index (χ4n) is 2.59. The smallest absolute Gasteiger partial charge is 0.412 e. The molecule has 1 aromatic carbocycles. The van der Waals surface area contributed by atoms with E-state index in [1.807, 2.05) is 0 Å². The molecule has 158 valence electrons. The van der Waals surface area contributed by atoms with Gasteiger partial charge in [-0.25, -0.2) is 9.59 Å². The minimum atomic E-state index is -0.711. The first-order valence-corrected chi connectivity index (χ1v) is 9.24. The molecule has 0 spiro atoms. The van der Waals surface area contributed by atoms with Crippen molar-refractivity contribution >= 4 is 41.1 Å². The third kappa shape index (κ3) is 6.78. The van der Waals surface area contributed by atoms with Crippen molar-refractivity contribution in [3.05, 3.63) is 18.2 Å².